The lowest BCUT2D eigenvalue weighted by molar-refractivity contribution is -0.139. The highest BCUT2D eigenvalue weighted by atomic mass is 32.2. The highest BCUT2D eigenvalue weighted by Gasteiger charge is 2.12. The first-order valence-corrected chi connectivity index (χ1v) is 8.80. The van der Waals surface area contributed by atoms with Gasteiger partial charge in [-0.1, -0.05) is 23.9 Å². The summed E-state index contributed by atoms with van der Waals surface area (Å²) in [6.45, 7) is 0. The summed E-state index contributed by atoms with van der Waals surface area (Å²) in [5, 5.41) is 5.28. The molecule has 0 atom stereocenters. The van der Waals surface area contributed by atoms with Crippen LogP contribution in [0.3, 0.4) is 0 Å². The fourth-order valence-electron chi connectivity index (χ4n) is 1.86. The normalized spacial score (nSPS) is 10.7. The number of esters is 1. The van der Waals surface area contributed by atoms with Crippen LogP contribution < -0.4 is 5.32 Å². The van der Waals surface area contributed by atoms with Crippen molar-refractivity contribution in [2.24, 2.45) is 0 Å². The summed E-state index contributed by atoms with van der Waals surface area (Å²) < 4.78 is 10.1. The van der Waals surface area contributed by atoms with Crippen LogP contribution in [0.1, 0.15) is 5.69 Å². The summed E-state index contributed by atoms with van der Waals surface area (Å²) in [5.41, 5.74) is 2.01. The van der Waals surface area contributed by atoms with Crippen molar-refractivity contribution in [1.29, 1.82) is 0 Å². The molecule has 0 fully saturated rings. The van der Waals surface area contributed by atoms with Crippen molar-refractivity contribution in [3.05, 3.63) is 35.3 Å². The molecular weight excluding hydrogens is 350 g/mol. The molecule has 0 saturated heterocycles. The molecule has 124 valence electrons. The van der Waals surface area contributed by atoms with E-state index >= 15 is 0 Å². The Morgan fingerprint density at radius 2 is 2.17 bits per heavy atom. The second kappa shape index (κ2) is 7.45. The number of aromatic nitrogens is 2. The molecule has 2 aromatic heterocycles. The SMILES string of the molecule is COC(=O)Cc1csc(NC(=O)CSc2nc3ccccc3o2)n1. The number of oxazole rings is 1. The van der Waals surface area contributed by atoms with Crippen molar-refractivity contribution in [2.75, 3.05) is 18.2 Å². The van der Waals surface area contributed by atoms with E-state index in [2.05, 4.69) is 20.0 Å². The van der Waals surface area contributed by atoms with Gasteiger partial charge in [0.25, 0.3) is 5.22 Å². The topological polar surface area (TPSA) is 94.3 Å². The third kappa shape index (κ3) is 4.12. The molecule has 0 aliphatic carbocycles. The van der Waals surface area contributed by atoms with Crippen LogP contribution in [0.4, 0.5) is 5.13 Å². The molecule has 1 N–H and O–H groups in total. The molecule has 7 nitrogen and oxygen atoms in total. The van der Waals surface area contributed by atoms with Crippen LogP contribution in [0.25, 0.3) is 11.1 Å². The van der Waals surface area contributed by atoms with Crippen LogP contribution in [0, 0.1) is 0 Å². The third-order valence-corrected chi connectivity index (χ3v) is 4.59. The second-order valence-corrected chi connectivity index (χ2v) is 6.47. The lowest BCUT2D eigenvalue weighted by atomic mass is 10.3. The number of fused-ring (bicyclic) bond motifs is 1. The van der Waals surface area contributed by atoms with Gasteiger partial charge >= 0.3 is 5.97 Å². The molecule has 1 aromatic carbocycles. The largest absolute Gasteiger partial charge is 0.469 e. The Morgan fingerprint density at radius 1 is 1.33 bits per heavy atom. The monoisotopic (exact) mass is 363 g/mol. The van der Waals surface area contributed by atoms with Gasteiger partial charge in [-0.2, -0.15) is 0 Å². The minimum absolute atomic E-state index is 0.0839. The third-order valence-electron chi connectivity index (χ3n) is 2.95. The molecule has 9 heteroatoms. The molecular formula is C15H13N3O4S2. The first-order chi connectivity index (χ1) is 11.6. The minimum Gasteiger partial charge on any atom is -0.469 e. The number of anilines is 1. The molecule has 24 heavy (non-hydrogen) atoms. The van der Waals surface area contributed by atoms with Gasteiger partial charge in [-0.15, -0.1) is 11.3 Å². The summed E-state index contributed by atoms with van der Waals surface area (Å²) in [4.78, 5) is 31.6. The van der Waals surface area contributed by atoms with Gasteiger partial charge in [0, 0.05) is 5.38 Å². The van der Waals surface area contributed by atoms with E-state index in [9.17, 15) is 9.59 Å². The molecule has 0 spiro atoms. The van der Waals surface area contributed by atoms with Gasteiger partial charge in [0.2, 0.25) is 5.91 Å². The Morgan fingerprint density at radius 3 is 2.96 bits per heavy atom. The zero-order valence-corrected chi connectivity index (χ0v) is 14.3. The van der Waals surface area contributed by atoms with Crippen molar-refractivity contribution in [2.45, 2.75) is 11.6 Å². The van der Waals surface area contributed by atoms with Gasteiger partial charge < -0.3 is 14.5 Å². The molecule has 0 bridgehead atoms. The van der Waals surface area contributed by atoms with E-state index in [1.54, 1.807) is 5.38 Å². The number of thiazole rings is 1. The van der Waals surface area contributed by atoms with Crippen LogP contribution in [0.5, 0.6) is 0 Å². The van der Waals surface area contributed by atoms with Crippen molar-refractivity contribution >= 4 is 51.2 Å². The number of ether oxygens (including phenoxy) is 1. The summed E-state index contributed by atoms with van der Waals surface area (Å²) in [6, 6.07) is 7.41. The van der Waals surface area contributed by atoms with Gasteiger partial charge in [-0.05, 0) is 12.1 Å². The highest BCUT2D eigenvalue weighted by Crippen LogP contribution is 2.23. The number of hydrogen-bond acceptors (Lipinski definition) is 8. The lowest BCUT2D eigenvalue weighted by Crippen LogP contribution is -2.14. The molecule has 0 aliphatic rings. The number of benzene rings is 1. The van der Waals surface area contributed by atoms with E-state index in [0.29, 0.717) is 21.6 Å². The first kappa shape index (κ1) is 16.5. The zero-order chi connectivity index (χ0) is 16.9. The molecule has 0 unspecified atom stereocenters. The fourth-order valence-corrected chi connectivity index (χ4v) is 3.23. The zero-order valence-electron chi connectivity index (χ0n) is 12.6. The number of nitrogens with one attached hydrogen (secondary N) is 1. The number of rotatable bonds is 6. The summed E-state index contributed by atoms with van der Waals surface area (Å²) in [5.74, 6) is -0.440. The van der Waals surface area contributed by atoms with E-state index in [4.69, 9.17) is 4.42 Å². The minimum atomic E-state index is -0.371. The Hall–Kier alpha value is -2.39. The Balaban J connectivity index is 1.53. The van der Waals surface area contributed by atoms with Crippen LogP contribution in [0.15, 0.2) is 39.3 Å². The quantitative estimate of drug-likeness (QED) is 0.531. The van der Waals surface area contributed by atoms with Crippen molar-refractivity contribution in [1.82, 2.24) is 9.97 Å². The Bertz CT molecular complexity index is 841. The molecule has 3 rings (SSSR count). The number of hydrogen-bond donors (Lipinski definition) is 1. The van der Waals surface area contributed by atoms with E-state index in [1.807, 2.05) is 24.3 Å². The molecule has 1 amide bonds. The van der Waals surface area contributed by atoms with Gasteiger partial charge in [-0.25, -0.2) is 9.97 Å². The summed E-state index contributed by atoms with van der Waals surface area (Å²) >= 11 is 2.46. The average molecular weight is 363 g/mol. The Kier molecular flexibility index (Phi) is 5.11. The van der Waals surface area contributed by atoms with Crippen LogP contribution >= 0.6 is 23.1 Å². The fraction of sp³-hybridized carbons (Fsp3) is 0.200. The van der Waals surface area contributed by atoms with Gasteiger partial charge in [0.1, 0.15) is 5.52 Å². The van der Waals surface area contributed by atoms with E-state index in [1.165, 1.54) is 30.2 Å². The molecule has 0 saturated carbocycles. The number of para-hydroxylation sites is 2. The van der Waals surface area contributed by atoms with Crippen molar-refractivity contribution in [3.8, 4) is 0 Å². The van der Waals surface area contributed by atoms with E-state index in [-0.39, 0.29) is 24.1 Å². The molecule has 0 radical (unpaired) electrons. The van der Waals surface area contributed by atoms with E-state index < -0.39 is 0 Å². The molecule has 0 aliphatic heterocycles. The smallest absolute Gasteiger partial charge is 0.311 e. The number of amides is 1. The van der Waals surface area contributed by atoms with Gasteiger partial charge in [0.15, 0.2) is 10.7 Å². The average Bonchev–Trinajstić information content (AvgIpc) is 3.19. The number of carbonyl (C=O) groups is 2. The van der Waals surface area contributed by atoms with E-state index in [0.717, 1.165) is 5.52 Å². The predicted octanol–water partition coefficient (Wildman–Crippen LogP) is 2.73. The number of nitrogens with zero attached hydrogens (tertiary/aromatic N) is 2. The lowest BCUT2D eigenvalue weighted by Gasteiger charge is -1.99. The maximum Gasteiger partial charge on any atom is 0.311 e. The van der Waals surface area contributed by atoms with Crippen LogP contribution in [0.2, 0.25) is 0 Å². The summed E-state index contributed by atoms with van der Waals surface area (Å²) in [7, 11) is 1.32. The summed E-state index contributed by atoms with van der Waals surface area (Å²) in [6.07, 6.45) is 0.0839. The number of carbonyl (C=O) groups excluding carboxylic acids is 2. The predicted molar refractivity (Wildman–Crippen MR) is 91.2 cm³/mol. The molecule has 2 heterocycles. The van der Waals surface area contributed by atoms with Crippen LogP contribution in [-0.4, -0.2) is 34.7 Å². The maximum absolute atomic E-state index is 12.0. The first-order valence-electron chi connectivity index (χ1n) is 6.93. The standard InChI is InChI=1S/C15H13N3O4S2/c1-21-13(20)6-9-7-23-14(16-9)18-12(19)8-24-15-17-10-4-2-3-5-11(10)22-15/h2-5,7H,6,8H2,1H3,(H,16,18,19). The second-order valence-electron chi connectivity index (χ2n) is 4.68. The molecule has 3 aromatic rings. The highest BCUT2D eigenvalue weighted by molar-refractivity contribution is 7.99. The number of thioether (sulfide) groups is 1. The van der Waals surface area contributed by atoms with Crippen molar-refractivity contribution < 1.29 is 18.7 Å². The maximum atomic E-state index is 12.0. The van der Waals surface area contributed by atoms with Crippen molar-refractivity contribution in [3.63, 3.8) is 0 Å². The van der Waals surface area contributed by atoms with Crippen LogP contribution in [-0.2, 0) is 20.7 Å². The number of methoxy groups -OCH3 is 1. The van der Waals surface area contributed by atoms with Gasteiger partial charge in [-0.3, -0.25) is 9.59 Å². The Labute approximate surface area is 145 Å². The van der Waals surface area contributed by atoms with Gasteiger partial charge in [0.05, 0.1) is 25.0 Å².